The summed E-state index contributed by atoms with van der Waals surface area (Å²) >= 11 is 0. The number of benzene rings is 1. The number of pyridine rings is 2. The maximum atomic E-state index is 13.7. The molecule has 6 nitrogen and oxygen atoms in total. The molecule has 0 aliphatic rings. The van der Waals surface area contributed by atoms with Crippen LogP contribution in [0.5, 0.6) is 11.5 Å². The highest BCUT2D eigenvalue weighted by Crippen LogP contribution is 2.34. The molecule has 1 atom stereocenters. The highest BCUT2D eigenvalue weighted by atomic mass is 19.1. The van der Waals surface area contributed by atoms with E-state index in [2.05, 4.69) is 9.97 Å². The quantitative estimate of drug-likeness (QED) is 0.691. The highest BCUT2D eigenvalue weighted by molar-refractivity contribution is 5.68. The summed E-state index contributed by atoms with van der Waals surface area (Å²) in [6.07, 6.45) is 2.67. The number of rotatable bonds is 6. The summed E-state index contributed by atoms with van der Waals surface area (Å²) in [5.41, 5.74) is 8.47. The molecule has 0 aliphatic heterocycles. The molecule has 3 aromatic rings. The summed E-state index contributed by atoms with van der Waals surface area (Å²) in [6.45, 7) is 1.57. The second kappa shape index (κ2) is 8.01. The number of halogens is 1. The smallest absolute Gasteiger partial charge is 0.166 e. The van der Waals surface area contributed by atoms with Gasteiger partial charge in [-0.05, 0) is 37.3 Å². The van der Waals surface area contributed by atoms with Crippen molar-refractivity contribution < 1.29 is 19.0 Å². The first-order valence-corrected chi connectivity index (χ1v) is 8.34. The molecule has 27 heavy (non-hydrogen) atoms. The number of ether oxygens (including phenoxy) is 2. The van der Waals surface area contributed by atoms with E-state index in [0.717, 1.165) is 5.56 Å². The summed E-state index contributed by atoms with van der Waals surface area (Å²) in [4.78, 5) is 8.33. The molecule has 0 saturated carbocycles. The normalized spacial score (nSPS) is 11.9. The number of hydrogen-bond acceptors (Lipinski definition) is 6. The SMILES string of the molecule is COc1ccc(F)cc1[C@@H](C)Oc1cc(-c2cccnc2CO)cnc1N. The number of nitrogens with two attached hydrogens (primary N) is 1. The molecule has 3 N–H and O–H groups in total. The van der Waals surface area contributed by atoms with Crippen molar-refractivity contribution in [1.82, 2.24) is 9.97 Å². The third-order valence-electron chi connectivity index (χ3n) is 4.17. The average molecular weight is 369 g/mol. The molecule has 0 fully saturated rings. The van der Waals surface area contributed by atoms with E-state index in [1.165, 1.54) is 19.2 Å². The molecule has 0 amide bonds. The van der Waals surface area contributed by atoms with Gasteiger partial charge in [0, 0.05) is 29.1 Å². The number of nitrogens with zero attached hydrogens (tertiary/aromatic N) is 2. The minimum absolute atomic E-state index is 0.201. The Morgan fingerprint density at radius 3 is 2.74 bits per heavy atom. The van der Waals surface area contributed by atoms with Crippen molar-refractivity contribution in [3.05, 3.63) is 65.9 Å². The van der Waals surface area contributed by atoms with Crippen LogP contribution in [0.4, 0.5) is 10.2 Å². The Morgan fingerprint density at radius 1 is 1.19 bits per heavy atom. The van der Waals surface area contributed by atoms with Crippen molar-refractivity contribution in [2.75, 3.05) is 12.8 Å². The molecule has 0 spiro atoms. The monoisotopic (exact) mass is 369 g/mol. The van der Waals surface area contributed by atoms with Gasteiger partial charge in [0.15, 0.2) is 11.6 Å². The summed E-state index contributed by atoms with van der Waals surface area (Å²) in [6, 6.07) is 9.55. The van der Waals surface area contributed by atoms with Crippen LogP contribution in [0.25, 0.3) is 11.1 Å². The van der Waals surface area contributed by atoms with Gasteiger partial charge in [-0.2, -0.15) is 0 Å². The van der Waals surface area contributed by atoms with Crippen LogP contribution in [0.1, 0.15) is 24.3 Å². The number of methoxy groups -OCH3 is 1. The summed E-state index contributed by atoms with van der Waals surface area (Å²) in [5, 5.41) is 9.49. The van der Waals surface area contributed by atoms with Gasteiger partial charge in [0.2, 0.25) is 0 Å². The van der Waals surface area contributed by atoms with E-state index in [1.54, 1.807) is 37.5 Å². The molecule has 0 unspecified atom stereocenters. The number of anilines is 1. The van der Waals surface area contributed by atoms with Crippen molar-refractivity contribution in [2.45, 2.75) is 19.6 Å². The lowest BCUT2D eigenvalue weighted by Gasteiger charge is -2.19. The molecule has 2 aromatic heterocycles. The molecule has 3 rings (SSSR count). The van der Waals surface area contributed by atoms with E-state index >= 15 is 0 Å². The summed E-state index contributed by atoms with van der Waals surface area (Å²) in [5.74, 6) is 0.680. The van der Waals surface area contributed by atoms with Gasteiger partial charge in [0.1, 0.15) is 17.7 Å². The highest BCUT2D eigenvalue weighted by Gasteiger charge is 2.17. The number of aliphatic hydroxyl groups is 1. The lowest BCUT2D eigenvalue weighted by Crippen LogP contribution is -2.08. The Kier molecular flexibility index (Phi) is 5.52. The first-order chi connectivity index (χ1) is 13.0. The van der Waals surface area contributed by atoms with E-state index in [4.69, 9.17) is 15.2 Å². The molecule has 0 aliphatic carbocycles. The Labute approximate surface area is 156 Å². The largest absolute Gasteiger partial charge is 0.496 e. The van der Waals surface area contributed by atoms with Gasteiger partial charge < -0.3 is 20.3 Å². The van der Waals surface area contributed by atoms with E-state index in [0.29, 0.717) is 28.3 Å². The Balaban J connectivity index is 1.95. The second-order valence-electron chi connectivity index (χ2n) is 5.91. The fourth-order valence-electron chi connectivity index (χ4n) is 2.80. The lowest BCUT2D eigenvalue weighted by atomic mass is 10.1. The third-order valence-corrected chi connectivity index (χ3v) is 4.17. The van der Waals surface area contributed by atoms with E-state index in [-0.39, 0.29) is 18.2 Å². The third kappa shape index (κ3) is 3.98. The fourth-order valence-corrected chi connectivity index (χ4v) is 2.80. The molecule has 1 aromatic carbocycles. The summed E-state index contributed by atoms with van der Waals surface area (Å²) < 4.78 is 24.9. The van der Waals surface area contributed by atoms with Gasteiger partial charge in [-0.1, -0.05) is 6.07 Å². The van der Waals surface area contributed by atoms with Crippen molar-refractivity contribution in [3.63, 3.8) is 0 Å². The standard InChI is InChI=1S/C20H20FN3O3/c1-12(16-9-14(21)5-6-18(16)26-2)27-19-8-13(10-24-20(19)22)15-4-3-7-23-17(15)11-25/h3-10,12,25H,11H2,1-2H3,(H2,22,24)/t12-/m1/s1. The zero-order valence-electron chi connectivity index (χ0n) is 15.0. The van der Waals surface area contributed by atoms with Gasteiger partial charge >= 0.3 is 0 Å². The van der Waals surface area contributed by atoms with E-state index in [1.807, 2.05) is 6.07 Å². The molecular formula is C20H20FN3O3. The van der Waals surface area contributed by atoms with Crippen LogP contribution >= 0.6 is 0 Å². The van der Waals surface area contributed by atoms with Gasteiger partial charge in [0.25, 0.3) is 0 Å². The Morgan fingerprint density at radius 2 is 2.00 bits per heavy atom. The Bertz CT molecular complexity index is 950. The molecule has 0 bridgehead atoms. The van der Waals surface area contributed by atoms with Crippen LogP contribution in [0.15, 0.2) is 48.8 Å². The topological polar surface area (TPSA) is 90.5 Å². The predicted octanol–water partition coefficient (Wildman–Crippen LogP) is 3.51. The minimum atomic E-state index is -0.527. The van der Waals surface area contributed by atoms with Crippen LogP contribution in [0.3, 0.4) is 0 Å². The molecule has 7 heteroatoms. The van der Waals surface area contributed by atoms with Gasteiger partial charge in [-0.3, -0.25) is 4.98 Å². The van der Waals surface area contributed by atoms with Gasteiger partial charge in [-0.25, -0.2) is 9.37 Å². The maximum Gasteiger partial charge on any atom is 0.166 e. The van der Waals surface area contributed by atoms with Crippen LogP contribution in [-0.4, -0.2) is 22.2 Å². The number of hydrogen-bond donors (Lipinski definition) is 2. The van der Waals surface area contributed by atoms with Crippen molar-refractivity contribution in [2.24, 2.45) is 0 Å². The van der Waals surface area contributed by atoms with Crippen molar-refractivity contribution in [3.8, 4) is 22.6 Å². The van der Waals surface area contributed by atoms with Crippen LogP contribution in [0, 0.1) is 5.82 Å². The predicted molar refractivity (Wildman–Crippen MR) is 99.8 cm³/mol. The second-order valence-corrected chi connectivity index (χ2v) is 5.91. The van der Waals surface area contributed by atoms with Crippen molar-refractivity contribution in [1.29, 1.82) is 0 Å². The number of nitrogen functional groups attached to an aromatic ring is 1. The fraction of sp³-hybridized carbons (Fsp3) is 0.200. The maximum absolute atomic E-state index is 13.7. The molecule has 0 radical (unpaired) electrons. The van der Waals surface area contributed by atoms with Gasteiger partial charge in [0.05, 0.1) is 19.4 Å². The van der Waals surface area contributed by atoms with Crippen LogP contribution in [-0.2, 0) is 6.61 Å². The van der Waals surface area contributed by atoms with Crippen LogP contribution < -0.4 is 15.2 Å². The van der Waals surface area contributed by atoms with E-state index in [9.17, 15) is 9.50 Å². The zero-order valence-corrected chi connectivity index (χ0v) is 15.0. The molecular weight excluding hydrogens is 349 g/mol. The van der Waals surface area contributed by atoms with Crippen molar-refractivity contribution >= 4 is 5.82 Å². The molecule has 140 valence electrons. The van der Waals surface area contributed by atoms with E-state index < -0.39 is 6.10 Å². The first kappa shape index (κ1) is 18.6. The number of aliphatic hydroxyl groups excluding tert-OH is 1. The lowest BCUT2D eigenvalue weighted by molar-refractivity contribution is 0.221. The summed E-state index contributed by atoms with van der Waals surface area (Å²) in [7, 11) is 1.51. The average Bonchev–Trinajstić information content (AvgIpc) is 2.69. The van der Waals surface area contributed by atoms with Crippen LogP contribution in [0.2, 0.25) is 0 Å². The minimum Gasteiger partial charge on any atom is -0.496 e. The van der Waals surface area contributed by atoms with Gasteiger partial charge in [-0.15, -0.1) is 0 Å². The zero-order chi connectivity index (χ0) is 19.4. The first-order valence-electron chi connectivity index (χ1n) is 8.34. The molecule has 0 saturated heterocycles. The molecule has 2 heterocycles. The number of aromatic nitrogens is 2. The Hall–Kier alpha value is -3.19.